The summed E-state index contributed by atoms with van der Waals surface area (Å²) in [6, 6.07) is 3.94. The Hall–Kier alpha value is -1.12. The first-order chi connectivity index (χ1) is 7.66. The zero-order chi connectivity index (χ0) is 11.5. The number of hydrogen-bond donors (Lipinski definition) is 0. The van der Waals surface area contributed by atoms with E-state index in [0.717, 1.165) is 11.6 Å². The highest BCUT2D eigenvalue weighted by Gasteiger charge is 2.22. The molecule has 1 aromatic rings. The summed E-state index contributed by atoms with van der Waals surface area (Å²) in [4.78, 5) is 5.78. The van der Waals surface area contributed by atoms with Crippen molar-refractivity contribution in [3.8, 4) is 0 Å². The molecule has 0 aliphatic heterocycles. The quantitative estimate of drug-likeness (QED) is 0.714. The van der Waals surface area contributed by atoms with Crippen LogP contribution in [-0.2, 0) is 0 Å². The van der Waals surface area contributed by atoms with E-state index in [-0.39, 0.29) is 0 Å². The fourth-order valence-corrected chi connectivity index (χ4v) is 2.58. The smallest absolute Gasteiger partial charge is 0.214 e. The molecule has 0 bridgehead atoms. The molecule has 0 amide bonds. The van der Waals surface area contributed by atoms with Crippen molar-refractivity contribution in [1.82, 2.24) is 4.98 Å². The van der Waals surface area contributed by atoms with Crippen molar-refractivity contribution in [2.75, 3.05) is 11.9 Å². The van der Waals surface area contributed by atoms with Crippen LogP contribution < -0.4 is 4.90 Å². The van der Waals surface area contributed by atoms with Gasteiger partial charge in [-0.2, -0.15) is 4.39 Å². The molecule has 0 spiro atoms. The van der Waals surface area contributed by atoms with Gasteiger partial charge in [-0.25, -0.2) is 4.98 Å². The van der Waals surface area contributed by atoms with Gasteiger partial charge in [0, 0.05) is 31.0 Å². The number of nitrogens with zero attached hydrogens (tertiary/aromatic N) is 2. The highest BCUT2D eigenvalue weighted by atomic mass is 19.1. The predicted molar refractivity (Wildman–Crippen MR) is 64.0 cm³/mol. The number of rotatable bonds is 2. The number of hydrogen-bond acceptors (Lipinski definition) is 2. The Balaban J connectivity index is 2.09. The Morgan fingerprint density at radius 3 is 2.94 bits per heavy atom. The second-order valence-corrected chi connectivity index (χ2v) is 4.87. The van der Waals surface area contributed by atoms with E-state index in [1.165, 1.54) is 37.9 Å². The Bertz CT molecular complexity index is 354. The summed E-state index contributed by atoms with van der Waals surface area (Å²) in [5.41, 5.74) is 0.937. The molecule has 0 saturated heterocycles. The maximum atomic E-state index is 13.0. The van der Waals surface area contributed by atoms with Crippen LogP contribution in [0, 0.1) is 11.9 Å². The molecule has 1 aliphatic rings. The van der Waals surface area contributed by atoms with Crippen LogP contribution in [0.5, 0.6) is 0 Å². The van der Waals surface area contributed by atoms with E-state index in [2.05, 4.69) is 23.9 Å². The van der Waals surface area contributed by atoms with Gasteiger partial charge < -0.3 is 4.90 Å². The summed E-state index contributed by atoms with van der Waals surface area (Å²) in [5.74, 6) is 0.390. The molecule has 1 saturated carbocycles. The highest BCUT2D eigenvalue weighted by molar-refractivity contribution is 5.45. The molecule has 88 valence electrons. The fourth-order valence-electron chi connectivity index (χ4n) is 2.58. The highest BCUT2D eigenvalue weighted by Crippen LogP contribution is 2.29. The number of halogens is 1. The average molecular weight is 222 g/mol. The summed E-state index contributed by atoms with van der Waals surface area (Å²) in [6.45, 7) is 2.30. The van der Waals surface area contributed by atoms with Crippen molar-refractivity contribution < 1.29 is 4.39 Å². The van der Waals surface area contributed by atoms with Crippen molar-refractivity contribution >= 4 is 5.69 Å². The molecule has 0 N–H and O–H groups in total. The molecule has 2 unspecified atom stereocenters. The van der Waals surface area contributed by atoms with Crippen molar-refractivity contribution in [1.29, 1.82) is 0 Å². The zero-order valence-corrected chi connectivity index (χ0v) is 9.99. The van der Waals surface area contributed by atoms with E-state index in [1.54, 1.807) is 0 Å². The van der Waals surface area contributed by atoms with Gasteiger partial charge in [-0.1, -0.05) is 19.8 Å². The monoisotopic (exact) mass is 222 g/mol. The predicted octanol–water partition coefficient (Wildman–Crippen LogP) is 3.24. The maximum Gasteiger partial charge on any atom is 0.214 e. The summed E-state index contributed by atoms with van der Waals surface area (Å²) in [6.07, 6.45) is 6.57. The Kier molecular flexibility index (Phi) is 3.42. The third kappa shape index (κ3) is 2.52. The van der Waals surface area contributed by atoms with Crippen molar-refractivity contribution in [2.24, 2.45) is 5.92 Å². The van der Waals surface area contributed by atoms with E-state index in [0.29, 0.717) is 6.04 Å². The first kappa shape index (κ1) is 11.4. The van der Waals surface area contributed by atoms with Crippen molar-refractivity contribution in [2.45, 2.75) is 38.6 Å². The lowest BCUT2D eigenvalue weighted by Crippen LogP contribution is -2.35. The van der Waals surface area contributed by atoms with E-state index in [1.807, 2.05) is 6.07 Å². The van der Waals surface area contributed by atoms with E-state index in [4.69, 9.17) is 0 Å². The first-order valence-electron chi connectivity index (χ1n) is 6.01. The third-order valence-electron chi connectivity index (χ3n) is 3.57. The molecule has 2 atom stereocenters. The van der Waals surface area contributed by atoms with Crippen molar-refractivity contribution in [3.05, 3.63) is 24.3 Å². The molecule has 3 heteroatoms. The Labute approximate surface area is 96.5 Å². The molecule has 1 aromatic heterocycles. The normalized spacial score (nSPS) is 25.4. The van der Waals surface area contributed by atoms with Crippen LogP contribution >= 0.6 is 0 Å². The molecule has 1 aliphatic carbocycles. The molecule has 1 fully saturated rings. The van der Waals surface area contributed by atoms with Gasteiger partial charge in [0.1, 0.15) is 0 Å². The molecule has 2 rings (SSSR count). The van der Waals surface area contributed by atoms with Crippen LogP contribution in [0.3, 0.4) is 0 Å². The van der Waals surface area contributed by atoms with Gasteiger partial charge >= 0.3 is 0 Å². The average Bonchev–Trinajstić information content (AvgIpc) is 2.28. The fraction of sp³-hybridized carbons (Fsp3) is 0.615. The van der Waals surface area contributed by atoms with Gasteiger partial charge in [-0.3, -0.25) is 0 Å². The lowest BCUT2D eigenvalue weighted by atomic mass is 9.86. The van der Waals surface area contributed by atoms with Crippen LogP contribution in [0.25, 0.3) is 0 Å². The number of pyridine rings is 1. The first-order valence-corrected chi connectivity index (χ1v) is 6.01. The summed E-state index contributed by atoms with van der Waals surface area (Å²) >= 11 is 0. The van der Waals surface area contributed by atoms with E-state index >= 15 is 0 Å². The standard InChI is InChI=1S/C13H19FN2/c1-10-4-3-5-11(8-10)16(2)12-6-7-15-13(14)9-12/h6-7,9-11H,3-5,8H2,1-2H3. The van der Waals surface area contributed by atoms with Crippen LogP contribution in [-0.4, -0.2) is 18.1 Å². The van der Waals surface area contributed by atoms with Gasteiger partial charge in [-0.15, -0.1) is 0 Å². The van der Waals surface area contributed by atoms with Crippen molar-refractivity contribution in [3.63, 3.8) is 0 Å². The molecule has 16 heavy (non-hydrogen) atoms. The minimum Gasteiger partial charge on any atom is -0.371 e. The minimum absolute atomic E-state index is 0.395. The van der Waals surface area contributed by atoms with Gasteiger partial charge in [0.15, 0.2) is 0 Å². The number of anilines is 1. The molecular formula is C13H19FN2. The minimum atomic E-state index is -0.395. The van der Waals surface area contributed by atoms with Crippen LogP contribution in [0.2, 0.25) is 0 Å². The molecule has 0 radical (unpaired) electrons. The van der Waals surface area contributed by atoms with Gasteiger partial charge in [0.05, 0.1) is 0 Å². The maximum absolute atomic E-state index is 13.0. The van der Waals surface area contributed by atoms with Crippen LogP contribution in [0.15, 0.2) is 18.3 Å². The molecule has 0 aromatic carbocycles. The summed E-state index contributed by atoms with van der Waals surface area (Å²) in [7, 11) is 2.05. The van der Waals surface area contributed by atoms with Gasteiger partial charge in [-0.05, 0) is 24.8 Å². The Morgan fingerprint density at radius 2 is 2.25 bits per heavy atom. The second-order valence-electron chi connectivity index (χ2n) is 4.87. The van der Waals surface area contributed by atoms with E-state index < -0.39 is 5.95 Å². The van der Waals surface area contributed by atoms with Gasteiger partial charge in [0.2, 0.25) is 5.95 Å². The topological polar surface area (TPSA) is 16.1 Å². The second kappa shape index (κ2) is 4.81. The molecule has 1 heterocycles. The Morgan fingerprint density at radius 1 is 1.44 bits per heavy atom. The van der Waals surface area contributed by atoms with Gasteiger partial charge in [0.25, 0.3) is 0 Å². The third-order valence-corrected chi connectivity index (χ3v) is 3.57. The van der Waals surface area contributed by atoms with Crippen LogP contribution in [0.1, 0.15) is 32.6 Å². The largest absolute Gasteiger partial charge is 0.371 e. The summed E-state index contributed by atoms with van der Waals surface area (Å²) in [5, 5.41) is 0. The number of aromatic nitrogens is 1. The summed E-state index contributed by atoms with van der Waals surface area (Å²) < 4.78 is 13.0. The SMILES string of the molecule is CC1CCCC(N(C)c2ccnc(F)c2)C1. The lowest BCUT2D eigenvalue weighted by Gasteiger charge is -2.35. The van der Waals surface area contributed by atoms with Crippen LogP contribution in [0.4, 0.5) is 10.1 Å². The molecule has 2 nitrogen and oxygen atoms in total. The molecular weight excluding hydrogens is 203 g/mol. The van der Waals surface area contributed by atoms with E-state index in [9.17, 15) is 4.39 Å². The lowest BCUT2D eigenvalue weighted by molar-refractivity contribution is 0.336. The zero-order valence-electron chi connectivity index (χ0n) is 9.99.